The first kappa shape index (κ1) is 22.1. The smallest absolute Gasteiger partial charge is 0.245 e. The van der Waals surface area contributed by atoms with Crippen LogP contribution in [0.2, 0.25) is 0 Å². The molecule has 6 heteroatoms. The first-order valence-corrected chi connectivity index (χ1v) is 11.8. The van der Waals surface area contributed by atoms with Gasteiger partial charge in [-0.1, -0.05) is 26.7 Å². The molecule has 1 atom stereocenters. The summed E-state index contributed by atoms with van der Waals surface area (Å²) in [5, 5.41) is 3.17. The van der Waals surface area contributed by atoms with Crippen LogP contribution in [0.1, 0.15) is 78.1 Å². The van der Waals surface area contributed by atoms with Gasteiger partial charge in [-0.3, -0.25) is 14.4 Å². The predicted molar refractivity (Wildman–Crippen MR) is 113 cm³/mol. The molecule has 2 heterocycles. The highest BCUT2D eigenvalue weighted by Gasteiger charge is 2.37. The maximum atomic E-state index is 13.3. The van der Waals surface area contributed by atoms with Crippen molar-refractivity contribution in [3.05, 3.63) is 0 Å². The number of carbonyl (C=O) groups is 3. The minimum Gasteiger partial charge on any atom is -0.344 e. The van der Waals surface area contributed by atoms with Crippen molar-refractivity contribution in [2.45, 2.75) is 84.1 Å². The highest BCUT2D eigenvalue weighted by atomic mass is 16.2. The van der Waals surface area contributed by atoms with Crippen LogP contribution in [0.25, 0.3) is 0 Å². The lowest BCUT2D eigenvalue weighted by Crippen LogP contribution is -2.56. The van der Waals surface area contributed by atoms with Crippen molar-refractivity contribution in [3.8, 4) is 0 Å². The van der Waals surface area contributed by atoms with Crippen LogP contribution in [-0.2, 0) is 14.4 Å². The highest BCUT2D eigenvalue weighted by molar-refractivity contribution is 5.89. The molecular weight excluding hydrogens is 366 g/mol. The van der Waals surface area contributed by atoms with E-state index in [9.17, 15) is 14.4 Å². The minimum absolute atomic E-state index is 0.0659. The van der Waals surface area contributed by atoms with Gasteiger partial charge in [-0.15, -0.1) is 0 Å². The molecule has 1 aliphatic carbocycles. The fourth-order valence-corrected chi connectivity index (χ4v) is 5.11. The molecule has 0 aromatic carbocycles. The summed E-state index contributed by atoms with van der Waals surface area (Å²) >= 11 is 0. The van der Waals surface area contributed by atoms with E-state index in [-0.39, 0.29) is 29.6 Å². The largest absolute Gasteiger partial charge is 0.344 e. The van der Waals surface area contributed by atoms with E-state index in [2.05, 4.69) is 19.2 Å². The van der Waals surface area contributed by atoms with Gasteiger partial charge in [-0.05, 0) is 56.8 Å². The van der Waals surface area contributed by atoms with Gasteiger partial charge in [0.1, 0.15) is 6.04 Å². The fraction of sp³-hybridized carbons (Fsp3) is 0.870. The van der Waals surface area contributed by atoms with Gasteiger partial charge in [-0.2, -0.15) is 0 Å². The predicted octanol–water partition coefficient (Wildman–Crippen LogP) is 2.96. The normalized spacial score (nSPS) is 22.7. The molecule has 2 saturated heterocycles. The average Bonchev–Trinajstić information content (AvgIpc) is 3.27. The standard InChI is InChI=1S/C23H39N3O3/c1-17(2)16-20(27)25-14-10-18(11-15-25)21(23(29)26-12-6-3-7-13-26)24-22(28)19-8-4-5-9-19/h17-19,21H,3-16H2,1-2H3,(H,24,28). The van der Waals surface area contributed by atoms with Crippen LogP contribution in [0.5, 0.6) is 0 Å². The number of nitrogens with one attached hydrogen (secondary N) is 1. The van der Waals surface area contributed by atoms with E-state index in [4.69, 9.17) is 0 Å². The number of amides is 3. The van der Waals surface area contributed by atoms with Crippen molar-refractivity contribution in [1.82, 2.24) is 15.1 Å². The molecule has 2 aliphatic heterocycles. The van der Waals surface area contributed by atoms with Crippen LogP contribution in [0.4, 0.5) is 0 Å². The lowest BCUT2D eigenvalue weighted by molar-refractivity contribution is -0.141. The number of nitrogens with zero attached hydrogens (tertiary/aromatic N) is 2. The van der Waals surface area contributed by atoms with Crippen LogP contribution in [0.3, 0.4) is 0 Å². The summed E-state index contributed by atoms with van der Waals surface area (Å²) in [6.07, 6.45) is 9.56. The molecule has 0 radical (unpaired) electrons. The zero-order valence-electron chi connectivity index (χ0n) is 18.3. The Labute approximate surface area is 175 Å². The van der Waals surface area contributed by atoms with Gasteiger partial charge in [0, 0.05) is 38.5 Å². The van der Waals surface area contributed by atoms with Crippen molar-refractivity contribution in [2.75, 3.05) is 26.2 Å². The quantitative estimate of drug-likeness (QED) is 0.739. The van der Waals surface area contributed by atoms with Gasteiger partial charge in [0.15, 0.2) is 0 Å². The fourth-order valence-electron chi connectivity index (χ4n) is 5.11. The number of rotatable bonds is 6. The van der Waals surface area contributed by atoms with Crippen LogP contribution in [0, 0.1) is 17.8 Å². The molecule has 3 rings (SSSR count). The molecule has 0 aromatic rings. The van der Waals surface area contributed by atoms with Gasteiger partial charge in [0.2, 0.25) is 17.7 Å². The van der Waals surface area contributed by atoms with Crippen molar-refractivity contribution in [2.24, 2.45) is 17.8 Å². The summed E-state index contributed by atoms with van der Waals surface area (Å²) < 4.78 is 0. The van der Waals surface area contributed by atoms with Gasteiger partial charge < -0.3 is 15.1 Å². The van der Waals surface area contributed by atoms with E-state index in [1.807, 2.05) is 9.80 Å². The Hall–Kier alpha value is -1.59. The summed E-state index contributed by atoms with van der Waals surface area (Å²) in [5.41, 5.74) is 0. The van der Waals surface area contributed by atoms with E-state index < -0.39 is 6.04 Å². The number of likely N-dealkylation sites (tertiary alicyclic amines) is 2. The molecule has 6 nitrogen and oxygen atoms in total. The number of hydrogen-bond acceptors (Lipinski definition) is 3. The molecule has 0 aromatic heterocycles. The molecule has 1 N–H and O–H groups in total. The molecule has 1 unspecified atom stereocenters. The van der Waals surface area contributed by atoms with Crippen LogP contribution in [0.15, 0.2) is 0 Å². The number of carbonyl (C=O) groups excluding carboxylic acids is 3. The van der Waals surface area contributed by atoms with Crippen molar-refractivity contribution in [3.63, 3.8) is 0 Å². The Kier molecular flexibility index (Phi) is 7.96. The first-order chi connectivity index (χ1) is 14.0. The zero-order chi connectivity index (χ0) is 20.8. The first-order valence-electron chi connectivity index (χ1n) is 11.8. The summed E-state index contributed by atoms with van der Waals surface area (Å²) in [6, 6.07) is -0.427. The van der Waals surface area contributed by atoms with Gasteiger partial charge in [0.05, 0.1) is 0 Å². The van der Waals surface area contributed by atoms with E-state index in [1.165, 1.54) is 6.42 Å². The highest BCUT2D eigenvalue weighted by Crippen LogP contribution is 2.28. The summed E-state index contributed by atoms with van der Waals surface area (Å²) in [7, 11) is 0. The average molecular weight is 406 g/mol. The van der Waals surface area contributed by atoms with Crippen LogP contribution in [-0.4, -0.2) is 59.7 Å². The molecule has 1 saturated carbocycles. The Morgan fingerprint density at radius 3 is 2.03 bits per heavy atom. The van der Waals surface area contributed by atoms with E-state index in [1.54, 1.807) is 0 Å². The second-order valence-corrected chi connectivity index (χ2v) is 9.67. The lowest BCUT2D eigenvalue weighted by atomic mass is 9.87. The Bertz CT molecular complexity index is 572. The number of hydrogen-bond donors (Lipinski definition) is 1. The van der Waals surface area contributed by atoms with E-state index in [0.717, 1.165) is 64.5 Å². The topological polar surface area (TPSA) is 69.7 Å². The van der Waals surface area contributed by atoms with E-state index >= 15 is 0 Å². The molecular formula is C23H39N3O3. The maximum Gasteiger partial charge on any atom is 0.245 e. The van der Waals surface area contributed by atoms with Crippen molar-refractivity contribution >= 4 is 17.7 Å². The number of piperidine rings is 2. The molecule has 29 heavy (non-hydrogen) atoms. The molecule has 0 spiro atoms. The molecule has 0 bridgehead atoms. The molecule has 3 aliphatic rings. The zero-order valence-corrected chi connectivity index (χ0v) is 18.3. The molecule has 3 amide bonds. The monoisotopic (exact) mass is 405 g/mol. The minimum atomic E-state index is -0.427. The van der Waals surface area contributed by atoms with Crippen molar-refractivity contribution in [1.29, 1.82) is 0 Å². The summed E-state index contributed by atoms with van der Waals surface area (Å²) in [4.78, 5) is 42.5. The summed E-state index contributed by atoms with van der Waals surface area (Å²) in [6.45, 7) is 7.13. The van der Waals surface area contributed by atoms with Crippen LogP contribution >= 0.6 is 0 Å². The third kappa shape index (κ3) is 5.95. The maximum absolute atomic E-state index is 13.3. The van der Waals surface area contributed by atoms with Gasteiger partial charge in [-0.25, -0.2) is 0 Å². The van der Waals surface area contributed by atoms with E-state index in [0.29, 0.717) is 25.4 Å². The second-order valence-electron chi connectivity index (χ2n) is 9.67. The molecule has 3 fully saturated rings. The third-order valence-corrected chi connectivity index (χ3v) is 6.90. The van der Waals surface area contributed by atoms with Gasteiger partial charge in [0.25, 0.3) is 0 Å². The SMILES string of the molecule is CC(C)CC(=O)N1CCC(C(NC(=O)C2CCCC2)C(=O)N2CCCCC2)CC1. The van der Waals surface area contributed by atoms with Gasteiger partial charge >= 0.3 is 0 Å². The molecule has 164 valence electrons. The Balaban J connectivity index is 1.63. The Morgan fingerprint density at radius 1 is 0.828 bits per heavy atom. The lowest BCUT2D eigenvalue weighted by Gasteiger charge is -2.39. The second kappa shape index (κ2) is 10.4. The van der Waals surface area contributed by atoms with Crippen LogP contribution < -0.4 is 5.32 Å². The van der Waals surface area contributed by atoms with Crippen molar-refractivity contribution < 1.29 is 14.4 Å². The third-order valence-electron chi connectivity index (χ3n) is 6.90. The Morgan fingerprint density at radius 2 is 1.45 bits per heavy atom. The summed E-state index contributed by atoms with van der Waals surface area (Å²) in [5.74, 6) is 0.933.